The number of rotatable bonds is 8. The van der Waals surface area contributed by atoms with Gasteiger partial charge in [-0.25, -0.2) is 0 Å². The van der Waals surface area contributed by atoms with Crippen LogP contribution in [-0.2, 0) is 14.4 Å². The lowest BCUT2D eigenvalue weighted by Crippen LogP contribution is -2.14. The molecule has 0 spiro atoms. The zero-order chi connectivity index (χ0) is 15.8. The molecule has 0 N–H and O–H groups in total. The second-order valence-electron chi connectivity index (χ2n) is 6.16. The van der Waals surface area contributed by atoms with Gasteiger partial charge in [-0.3, -0.25) is 9.59 Å². The van der Waals surface area contributed by atoms with E-state index in [1.165, 1.54) is 11.8 Å². The van der Waals surface area contributed by atoms with Crippen LogP contribution in [0.1, 0.15) is 60.3 Å². The summed E-state index contributed by atoms with van der Waals surface area (Å²) in [5.74, 6) is 0.236. The molecule has 0 aromatic heterocycles. The van der Waals surface area contributed by atoms with Crippen LogP contribution in [0.4, 0.5) is 0 Å². The van der Waals surface area contributed by atoms with Gasteiger partial charge in [0.2, 0.25) is 0 Å². The van der Waals surface area contributed by atoms with Crippen molar-refractivity contribution >= 4 is 28.9 Å². The van der Waals surface area contributed by atoms with Gasteiger partial charge in [0.15, 0.2) is 10.9 Å². The van der Waals surface area contributed by atoms with Crippen LogP contribution in [-0.4, -0.2) is 21.9 Å². The van der Waals surface area contributed by atoms with E-state index in [1.54, 1.807) is 6.92 Å². The SMILES string of the molecule is C/C(=C\CC[C@@H](C)CC=O)C(=O)CC(=O)SC(C)(C)C. The summed E-state index contributed by atoms with van der Waals surface area (Å²) in [5.41, 5.74) is 0.645. The summed E-state index contributed by atoms with van der Waals surface area (Å²) >= 11 is 1.21. The highest BCUT2D eigenvalue weighted by molar-refractivity contribution is 8.14. The smallest absolute Gasteiger partial charge is 0.197 e. The first-order valence-electron chi connectivity index (χ1n) is 7.01. The second kappa shape index (κ2) is 9.11. The number of ketones is 1. The van der Waals surface area contributed by atoms with Gasteiger partial charge >= 0.3 is 0 Å². The van der Waals surface area contributed by atoms with E-state index >= 15 is 0 Å². The molecule has 0 amide bonds. The number of Topliss-reactive ketones (excluding diaryl/α,β-unsaturated/α-hetero) is 1. The zero-order valence-corrected chi connectivity index (χ0v) is 14.0. The van der Waals surface area contributed by atoms with Gasteiger partial charge in [-0.05, 0) is 31.3 Å². The third-order valence-corrected chi connectivity index (χ3v) is 3.76. The number of carbonyl (C=O) groups excluding carboxylic acids is 3. The molecule has 4 heteroatoms. The van der Waals surface area contributed by atoms with Gasteiger partial charge in [0.1, 0.15) is 6.29 Å². The summed E-state index contributed by atoms with van der Waals surface area (Å²) in [5, 5.41) is -0.0791. The monoisotopic (exact) mass is 298 g/mol. The molecule has 0 aliphatic rings. The molecular formula is C16H26O3S. The molecule has 0 aliphatic heterocycles. The summed E-state index contributed by atoms with van der Waals surface area (Å²) in [7, 11) is 0. The average molecular weight is 298 g/mol. The number of aldehydes is 1. The molecule has 1 atom stereocenters. The predicted octanol–water partition coefficient (Wildman–Crippen LogP) is 3.96. The summed E-state index contributed by atoms with van der Waals surface area (Å²) < 4.78 is -0.154. The van der Waals surface area contributed by atoms with Crippen LogP contribution in [0.3, 0.4) is 0 Å². The lowest BCUT2D eigenvalue weighted by Gasteiger charge is -2.15. The van der Waals surface area contributed by atoms with Gasteiger partial charge < -0.3 is 4.79 Å². The largest absolute Gasteiger partial charge is 0.303 e. The third-order valence-electron chi connectivity index (χ3n) is 2.77. The van der Waals surface area contributed by atoms with E-state index in [-0.39, 0.29) is 22.1 Å². The minimum atomic E-state index is -0.154. The van der Waals surface area contributed by atoms with Crippen molar-refractivity contribution in [1.82, 2.24) is 0 Å². The molecule has 0 saturated carbocycles. The maximum Gasteiger partial charge on any atom is 0.197 e. The molecule has 0 aromatic rings. The van der Waals surface area contributed by atoms with E-state index in [9.17, 15) is 14.4 Å². The van der Waals surface area contributed by atoms with Gasteiger partial charge in [-0.15, -0.1) is 0 Å². The highest BCUT2D eigenvalue weighted by Crippen LogP contribution is 2.25. The van der Waals surface area contributed by atoms with Gasteiger partial charge in [-0.2, -0.15) is 0 Å². The molecule has 0 aliphatic carbocycles. The summed E-state index contributed by atoms with van der Waals surface area (Å²) in [6.07, 6.45) is 4.98. The van der Waals surface area contributed by atoms with Crippen molar-refractivity contribution in [2.24, 2.45) is 5.92 Å². The van der Waals surface area contributed by atoms with Crippen LogP contribution in [0.15, 0.2) is 11.6 Å². The first-order chi connectivity index (χ1) is 9.15. The Morgan fingerprint density at radius 3 is 2.35 bits per heavy atom. The molecule has 0 radical (unpaired) electrons. The average Bonchev–Trinajstić information content (AvgIpc) is 2.26. The molecular weight excluding hydrogens is 272 g/mol. The van der Waals surface area contributed by atoms with Crippen LogP contribution < -0.4 is 0 Å². The fraction of sp³-hybridized carbons (Fsp3) is 0.688. The maximum atomic E-state index is 11.9. The Balaban J connectivity index is 4.20. The van der Waals surface area contributed by atoms with Gasteiger partial charge in [-0.1, -0.05) is 45.5 Å². The molecule has 0 aromatic carbocycles. The van der Waals surface area contributed by atoms with E-state index in [4.69, 9.17) is 0 Å². The first-order valence-corrected chi connectivity index (χ1v) is 7.82. The normalized spacial score (nSPS) is 13.9. The molecule has 0 heterocycles. The fourth-order valence-electron chi connectivity index (χ4n) is 1.63. The Morgan fingerprint density at radius 2 is 1.85 bits per heavy atom. The lowest BCUT2D eigenvalue weighted by atomic mass is 10.0. The van der Waals surface area contributed by atoms with Crippen LogP contribution in [0.2, 0.25) is 0 Å². The van der Waals surface area contributed by atoms with E-state index in [2.05, 4.69) is 0 Å². The van der Waals surface area contributed by atoms with Crippen molar-refractivity contribution in [3.05, 3.63) is 11.6 Å². The van der Waals surface area contributed by atoms with Crippen molar-refractivity contribution in [2.75, 3.05) is 0 Å². The van der Waals surface area contributed by atoms with Crippen molar-refractivity contribution in [2.45, 2.75) is 65.0 Å². The molecule has 114 valence electrons. The van der Waals surface area contributed by atoms with Crippen molar-refractivity contribution in [3.63, 3.8) is 0 Å². The Bertz CT molecular complexity index is 378. The summed E-state index contributed by atoms with van der Waals surface area (Å²) in [6.45, 7) is 9.64. The van der Waals surface area contributed by atoms with Crippen LogP contribution in [0, 0.1) is 5.92 Å². The minimum Gasteiger partial charge on any atom is -0.303 e. The predicted molar refractivity (Wildman–Crippen MR) is 84.8 cm³/mol. The quantitative estimate of drug-likeness (QED) is 0.387. The summed E-state index contributed by atoms with van der Waals surface area (Å²) in [6, 6.07) is 0. The molecule has 0 fully saturated rings. The van der Waals surface area contributed by atoms with Crippen LogP contribution >= 0.6 is 11.8 Å². The number of allylic oxidation sites excluding steroid dienone is 2. The minimum absolute atomic E-state index is 0.0336. The van der Waals surface area contributed by atoms with Crippen molar-refractivity contribution in [1.29, 1.82) is 0 Å². The maximum absolute atomic E-state index is 11.9. The number of hydrogen-bond donors (Lipinski definition) is 0. The highest BCUT2D eigenvalue weighted by Gasteiger charge is 2.19. The van der Waals surface area contributed by atoms with E-state index < -0.39 is 0 Å². The first kappa shape index (κ1) is 19.1. The van der Waals surface area contributed by atoms with E-state index in [0.29, 0.717) is 17.9 Å². The van der Waals surface area contributed by atoms with Crippen LogP contribution in [0.5, 0.6) is 0 Å². The fourth-order valence-corrected chi connectivity index (χ4v) is 2.51. The van der Waals surface area contributed by atoms with Gasteiger partial charge in [0.25, 0.3) is 0 Å². The Hall–Kier alpha value is -0.900. The number of hydrogen-bond acceptors (Lipinski definition) is 4. The molecule has 20 heavy (non-hydrogen) atoms. The Kier molecular flexibility index (Phi) is 8.70. The Labute approximate surface area is 126 Å². The third kappa shape index (κ3) is 9.96. The standard InChI is InChI=1S/C16H26O3S/c1-12(9-10-17)7-6-8-13(2)14(18)11-15(19)20-16(3,4)5/h8,10,12H,6-7,9,11H2,1-5H3/b13-8+/t12-/m1/s1. The molecule has 3 nitrogen and oxygen atoms in total. The highest BCUT2D eigenvalue weighted by atomic mass is 32.2. The zero-order valence-electron chi connectivity index (χ0n) is 13.2. The summed E-state index contributed by atoms with van der Waals surface area (Å²) in [4.78, 5) is 33.9. The second-order valence-corrected chi connectivity index (χ2v) is 8.04. The topological polar surface area (TPSA) is 51.2 Å². The van der Waals surface area contributed by atoms with Gasteiger partial charge in [0, 0.05) is 11.2 Å². The Morgan fingerprint density at radius 1 is 1.25 bits per heavy atom. The van der Waals surface area contributed by atoms with Crippen molar-refractivity contribution < 1.29 is 14.4 Å². The van der Waals surface area contributed by atoms with E-state index in [1.807, 2.05) is 33.8 Å². The molecule has 0 saturated heterocycles. The van der Waals surface area contributed by atoms with Gasteiger partial charge in [0.05, 0.1) is 6.42 Å². The van der Waals surface area contributed by atoms with E-state index in [0.717, 1.165) is 19.1 Å². The molecule has 0 rings (SSSR count). The van der Waals surface area contributed by atoms with Crippen molar-refractivity contribution in [3.8, 4) is 0 Å². The number of thioether (sulfide) groups is 1. The lowest BCUT2D eigenvalue weighted by molar-refractivity contribution is -0.120. The number of carbonyl (C=O) groups is 3. The molecule has 0 unspecified atom stereocenters. The van der Waals surface area contributed by atoms with Crippen LogP contribution in [0.25, 0.3) is 0 Å². The molecule has 0 bridgehead atoms.